The predicted molar refractivity (Wildman–Crippen MR) is 66.7 cm³/mol. The molecule has 2 rings (SSSR count). The standard InChI is InChI=1S/C15H24/c1-11(2)13-7-9-15(4)8-5-6-12(3)14(15)10-13/h10,12-13H,1,5-9H2,2-4H3/t12?,13?,15-/m1/s1. The molecule has 0 heterocycles. The third-order valence-corrected chi connectivity index (χ3v) is 4.61. The van der Waals surface area contributed by atoms with E-state index in [1.807, 2.05) is 0 Å². The fraction of sp³-hybridized carbons (Fsp3) is 0.733. The van der Waals surface area contributed by atoms with Crippen molar-refractivity contribution in [3.8, 4) is 0 Å². The van der Waals surface area contributed by atoms with Gasteiger partial charge in [0.1, 0.15) is 0 Å². The summed E-state index contributed by atoms with van der Waals surface area (Å²) >= 11 is 0. The van der Waals surface area contributed by atoms with Crippen molar-refractivity contribution in [2.24, 2.45) is 17.3 Å². The Hall–Kier alpha value is -0.520. The molecule has 0 amide bonds. The second-order valence-electron chi connectivity index (χ2n) is 5.97. The summed E-state index contributed by atoms with van der Waals surface area (Å²) in [5, 5.41) is 0. The highest BCUT2D eigenvalue weighted by Gasteiger charge is 2.38. The van der Waals surface area contributed by atoms with Gasteiger partial charge in [0.2, 0.25) is 0 Å². The van der Waals surface area contributed by atoms with Crippen molar-refractivity contribution in [2.75, 3.05) is 0 Å². The summed E-state index contributed by atoms with van der Waals surface area (Å²) in [6.45, 7) is 11.2. The van der Waals surface area contributed by atoms with Crippen LogP contribution in [-0.4, -0.2) is 0 Å². The average Bonchev–Trinajstić information content (AvgIpc) is 2.17. The van der Waals surface area contributed by atoms with Crippen LogP contribution >= 0.6 is 0 Å². The van der Waals surface area contributed by atoms with Crippen LogP contribution in [0.4, 0.5) is 0 Å². The molecule has 1 fully saturated rings. The van der Waals surface area contributed by atoms with Crippen LogP contribution in [0.3, 0.4) is 0 Å². The van der Waals surface area contributed by atoms with Crippen molar-refractivity contribution in [3.05, 3.63) is 23.8 Å². The number of hydrogen-bond donors (Lipinski definition) is 0. The van der Waals surface area contributed by atoms with Crippen molar-refractivity contribution in [1.82, 2.24) is 0 Å². The molecule has 15 heavy (non-hydrogen) atoms. The van der Waals surface area contributed by atoms with Crippen molar-refractivity contribution in [2.45, 2.75) is 52.9 Å². The zero-order valence-corrected chi connectivity index (χ0v) is 10.5. The first-order valence-electron chi connectivity index (χ1n) is 6.40. The molecular weight excluding hydrogens is 180 g/mol. The summed E-state index contributed by atoms with van der Waals surface area (Å²) in [4.78, 5) is 0. The van der Waals surface area contributed by atoms with E-state index in [1.54, 1.807) is 5.57 Å². The maximum atomic E-state index is 4.12. The lowest BCUT2D eigenvalue weighted by molar-refractivity contribution is 0.218. The van der Waals surface area contributed by atoms with E-state index < -0.39 is 0 Å². The van der Waals surface area contributed by atoms with Crippen molar-refractivity contribution < 1.29 is 0 Å². The van der Waals surface area contributed by atoms with Crippen LogP contribution in [0.5, 0.6) is 0 Å². The van der Waals surface area contributed by atoms with Gasteiger partial charge in [0.05, 0.1) is 0 Å². The molecule has 0 radical (unpaired) electrons. The third-order valence-electron chi connectivity index (χ3n) is 4.61. The van der Waals surface area contributed by atoms with Gasteiger partial charge in [-0.15, -0.1) is 0 Å². The Morgan fingerprint density at radius 3 is 2.80 bits per heavy atom. The maximum absolute atomic E-state index is 4.12. The molecule has 1 saturated carbocycles. The molecule has 2 unspecified atom stereocenters. The van der Waals surface area contributed by atoms with Gasteiger partial charge in [-0.3, -0.25) is 0 Å². The Labute approximate surface area is 94.5 Å². The molecule has 2 aliphatic rings. The average molecular weight is 204 g/mol. The van der Waals surface area contributed by atoms with Gasteiger partial charge >= 0.3 is 0 Å². The lowest BCUT2D eigenvalue weighted by Gasteiger charge is -2.44. The van der Waals surface area contributed by atoms with E-state index in [4.69, 9.17) is 0 Å². The topological polar surface area (TPSA) is 0 Å². The first-order valence-corrected chi connectivity index (χ1v) is 6.40. The van der Waals surface area contributed by atoms with E-state index >= 15 is 0 Å². The molecule has 0 heteroatoms. The molecule has 0 nitrogen and oxygen atoms in total. The Morgan fingerprint density at radius 2 is 2.13 bits per heavy atom. The highest BCUT2D eigenvalue weighted by atomic mass is 14.4. The normalized spacial score (nSPS) is 40.6. The smallest absolute Gasteiger partial charge is 0.00254 e. The van der Waals surface area contributed by atoms with Crippen molar-refractivity contribution in [3.63, 3.8) is 0 Å². The quantitative estimate of drug-likeness (QED) is 0.542. The summed E-state index contributed by atoms with van der Waals surface area (Å²) in [5.74, 6) is 1.47. The molecule has 0 N–H and O–H groups in total. The monoisotopic (exact) mass is 204 g/mol. The first kappa shape index (κ1) is 11.0. The van der Waals surface area contributed by atoms with Gasteiger partial charge in [-0.2, -0.15) is 0 Å². The fourth-order valence-corrected chi connectivity index (χ4v) is 3.49. The summed E-state index contributed by atoms with van der Waals surface area (Å²) in [6, 6.07) is 0. The van der Waals surface area contributed by atoms with Crippen LogP contribution in [0.2, 0.25) is 0 Å². The van der Waals surface area contributed by atoms with Gasteiger partial charge in [-0.1, -0.05) is 44.1 Å². The summed E-state index contributed by atoms with van der Waals surface area (Å²) in [6.07, 6.45) is 9.47. The number of allylic oxidation sites excluding steroid dienone is 3. The molecule has 0 aliphatic heterocycles. The molecule has 2 aliphatic carbocycles. The number of fused-ring (bicyclic) bond motifs is 1. The fourth-order valence-electron chi connectivity index (χ4n) is 3.49. The molecule has 84 valence electrons. The minimum atomic E-state index is 0.531. The Kier molecular flexibility index (Phi) is 2.79. The van der Waals surface area contributed by atoms with Crippen molar-refractivity contribution in [1.29, 1.82) is 0 Å². The zero-order valence-electron chi connectivity index (χ0n) is 10.5. The van der Waals surface area contributed by atoms with E-state index in [-0.39, 0.29) is 0 Å². The molecule has 0 saturated heterocycles. The van der Waals surface area contributed by atoms with Gasteiger partial charge in [0.25, 0.3) is 0 Å². The lowest BCUT2D eigenvalue weighted by Crippen LogP contribution is -2.32. The van der Waals surface area contributed by atoms with Gasteiger partial charge in [0, 0.05) is 0 Å². The van der Waals surface area contributed by atoms with Gasteiger partial charge < -0.3 is 0 Å². The van der Waals surface area contributed by atoms with Crippen LogP contribution in [0.25, 0.3) is 0 Å². The van der Waals surface area contributed by atoms with E-state index in [0.29, 0.717) is 11.3 Å². The van der Waals surface area contributed by atoms with Gasteiger partial charge in [-0.05, 0) is 49.9 Å². The minimum Gasteiger partial charge on any atom is -0.0995 e. The van der Waals surface area contributed by atoms with E-state index in [1.165, 1.54) is 37.7 Å². The highest BCUT2D eigenvalue weighted by Crippen LogP contribution is 2.51. The van der Waals surface area contributed by atoms with Crippen LogP contribution in [0.15, 0.2) is 23.8 Å². The Bertz CT molecular complexity index is 297. The van der Waals surface area contributed by atoms with E-state index in [2.05, 4.69) is 33.4 Å². The molecule has 3 atom stereocenters. The van der Waals surface area contributed by atoms with E-state index in [9.17, 15) is 0 Å². The summed E-state index contributed by atoms with van der Waals surface area (Å²) < 4.78 is 0. The second-order valence-corrected chi connectivity index (χ2v) is 5.97. The lowest BCUT2D eigenvalue weighted by atomic mass is 9.60. The second kappa shape index (κ2) is 3.81. The van der Waals surface area contributed by atoms with Crippen LogP contribution in [-0.2, 0) is 0 Å². The Balaban J connectivity index is 2.29. The zero-order chi connectivity index (χ0) is 11.1. The first-order chi connectivity index (χ1) is 7.03. The third kappa shape index (κ3) is 1.91. The molecular formula is C15H24. The maximum Gasteiger partial charge on any atom is -0.00254 e. The number of hydrogen-bond acceptors (Lipinski definition) is 0. The minimum absolute atomic E-state index is 0.531. The predicted octanol–water partition coefficient (Wildman–Crippen LogP) is 4.73. The van der Waals surface area contributed by atoms with E-state index in [0.717, 1.165) is 5.92 Å². The van der Waals surface area contributed by atoms with Gasteiger partial charge in [0.15, 0.2) is 0 Å². The molecule has 0 aromatic heterocycles. The van der Waals surface area contributed by atoms with Crippen LogP contribution < -0.4 is 0 Å². The largest absolute Gasteiger partial charge is 0.0995 e. The van der Waals surface area contributed by atoms with Crippen molar-refractivity contribution >= 4 is 0 Å². The summed E-state index contributed by atoms with van der Waals surface area (Å²) in [5.41, 5.74) is 3.62. The molecule has 0 spiro atoms. The van der Waals surface area contributed by atoms with Crippen LogP contribution in [0.1, 0.15) is 52.9 Å². The summed E-state index contributed by atoms with van der Waals surface area (Å²) in [7, 11) is 0. The molecule has 0 bridgehead atoms. The van der Waals surface area contributed by atoms with Gasteiger partial charge in [-0.25, -0.2) is 0 Å². The number of rotatable bonds is 1. The molecule has 0 aromatic carbocycles. The Morgan fingerprint density at radius 1 is 1.40 bits per heavy atom. The van der Waals surface area contributed by atoms with Crippen LogP contribution in [0, 0.1) is 17.3 Å². The SMILES string of the molecule is C=C(C)C1C=C2C(C)CCC[C@]2(C)CC1. The molecule has 0 aromatic rings. The highest BCUT2D eigenvalue weighted by molar-refractivity contribution is 5.26.